The van der Waals surface area contributed by atoms with E-state index in [1.54, 1.807) is 37.2 Å². The van der Waals surface area contributed by atoms with Gasteiger partial charge in [0.05, 0.1) is 26.5 Å². The molecule has 3 aromatic rings. The summed E-state index contributed by atoms with van der Waals surface area (Å²) in [5.74, 6) is 1.57. The molecule has 0 unspecified atom stereocenters. The molecular weight excluding hydrogens is 334 g/mol. The van der Waals surface area contributed by atoms with E-state index in [4.69, 9.17) is 9.47 Å². The van der Waals surface area contributed by atoms with Crippen molar-refractivity contribution >= 4 is 5.91 Å². The lowest BCUT2D eigenvalue weighted by molar-refractivity contribution is 0.0924. The number of ether oxygens (including phenoxy) is 2. The maximum absolute atomic E-state index is 11.9. The molecule has 0 fully saturated rings. The van der Waals surface area contributed by atoms with Crippen molar-refractivity contribution in [2.45, 2.75) is 6.54 Å². The molecule has 4 rings (SSSR count). The quantitative estimate of drug-likeness (QED) is 0.770. The average molecular weight is 351 g/mol. The summed E-state index contributed by atoms with van der Waals surface area (Å²) >= 11 is 0. The lowest BCUT2D eigenvalue weighted by Gasteiger charge is -2.13. The summed E-state index contributed by atoms with van der Waals surface area (Å²) in [6.45, 7) is 1.21. The fourth-order valence-corrected chi connectivity index (χ4v) is 2.95. The Hall–Kier alpha value is -3.42. The molecule has 1 aliphatic heterocycles. The van der Waals surface area contributed by atoms with Gasteiger partial charge in [0.2, 0.25) is 0 Å². The van der Waals surface area contributed by atoms with Gasteiger partial charge in [0, 0.05) is 12.7 Å². The van der Waals surface area contributed by atoms with Crippen LogP contribution < -0.4 is 14.8 Å². The van der Waals surface area contributed by atoms with Crippen molar-refractivity contribution in [3.63, 3.8) is 0 Å². The number of hydrogen-bond donors (Lipinski definition) is 1. The highest BCUT2D eigenvalue weighted by Gasteiger charge is 2.21. The summed E-state index contributed by atoms with van der Waals surface area (Å²) in [6, 6.07) is 8.99. The Morgan fingerprint density at radius 2 is 1.88 bits per heavy atom. The Balaban J connectivity index is 1.81. The van der Waals surface area contributed by atoms with Gasteiger partial charge in [0.15, 0.2) is 5.82 Å². The Morgan fingerprint density at radius 1 is 1.12 bits per heavy atom. The van der Waals surface area contributed by atoms with E-state index < -0.39 is 0 Å². The molecule has 1 aromatic carbocycles. The molecule has 1 N–H and O–H groups in total. The second-order valence-electron chi connectivity index (χ2n) is 5.70. The third kappa shape index (κ3) is 2.65. The zero-order valence-corrected chi connectivity index (χ0v) is 14.4. The minimum absolute atomic E-state index is 0.129. The van der Waals surface area contributed by atoms with E-state index in [0.29, 0.717) is 53.1 Å². The predicted octanol–water partition coefficient (Wildman–Crippen LogP) is 1.77. The summed E-state index contributed by atoms with van der Waals surface area (Å²) < 4.78 is 12.6. The molecule has 0 saturated heterocycles. The summed E-state index contributed by atoms with van der Waals surface area (Å²) in [7, 11) is 3.17. The smallest absolute Gasteiger partial charge is 0.269 e. The lowest BCUT2D eigenvalue weighted by atomic mass is 10.1. The van der Waals surface area contributed by atoms with Crippen molar-refractivity contribution in [2.75, 3.05) is 20.8 Å². The number of nitrogens with zero attached hydrogens (tertiary/aromatic N) is 4. The first-order valence-corrected chi connectivity index (χ1v) is 8.12. The van der Waals surface area contributed by atoms with Crippen molar-refractivity contribution in [3.05, 3.63) is 42.2 Å². The number of carbonyl (C=O) groups is 1. The van der Waals surface area contributed by atoms with Crippen molar-refractivity contribution in [1.82, 2.24) is 25.1 Å². The molecule has 1 aliphatic rings. The Morgan fingerprint density at radius 3 is 2.58 bits per heavy atom. The lowest BCUT2D eigenvalue weighted by Crippen LogP contribution is -2.35. The van der Waals surface area contributed by atoms with Crippen LogP contribution in [-0.4, -0.2) is 46.4 Å². The number of benzene rings is 1. The van der Waals surface area contributed by atoms with E-state index in [1.807, 2.05) is 18.2 Å². The van der Waals surface area contributed by atoms with Gasteiger partial charge < -0.3 is 14.8 Å². The van der Waals surface area contributed by atoms with E-state index in [-0.39, 0.29) is 5.91 Å². The number of aromatic nitrogens is 4. The molecule has 0 aliphatic carbocycles. The van der Waals surface area contributed by atoms with E-state index in [0.717, 1.165) is 0 Å². The molecule has 26 heavy (non-hydrogen) atoms. The Kier molecular flexibility index (Phi) is 4.00. The van der Waals surface area contributed by atoms with Gasteiger partial charge in [0.25, 0.3) is 5.91 Å². The normalized spacial score (nSPS) is 13.1. The van der Waals surface area contributed by atoms with Gasteiger partial charge >= 0.3 is 0 Å². The SMILES string of the molecule is COc1cccc(OC)c1-c1nccc(-c2cc3n(n2)CCNC3=O)n1. The van der Waals surface area contributed by atoms with Gasteiger partial charge in [-0.15, -0.1) is 0 Å². The van der Waals surface area contributed by atoms with Gasteiger partial charge in [-0.2, -0.15) is 5.10 Å². The standard InChI is InChI=1S/C18H17N5O3/c1-25-14-4-3-5-15(26-2)16(14)17-19-7-6-11(21-17)12-10-13-18(24)20-8-9-23(13)22-12/h3-7,10H,8-9H2,1-2H3,(H,20,24). The van der Waals surface area contributed by atoms with Gasteiger partial charge in [-0.25, -0.2) is 9.97 Å². The number of amides is 1. The highest BCUT2D eigenvalue weighted by molar-refractivity contribution is 5.94. The van der Waals surface area contributed by atoms with Crippen LogP contribution in [0.25, 0.3) is 22.8 Å². The average Bonchev–Trinajstić information content (AvgIpc) is 3.13. The minimum atomic E-state index is -0.129. The number of carbonyl (C=O) groups excluding carboxylic acids is 1. The van der Waals surface area contributed by atoms with Gasteiger partial charge in [0.1, 0.15) is 28.5 Å². The molecule has 3 heterocycles. The minimum Gasteiger partial charge on any atom is -0.496 e. The number of hydrogen-bond acceptors (Lipinski definition) is 6. The number of fused-ring (bicyclic) bond motifs is 1. The van der Waals surface area contributed by atoms with E-state index in [2.05, 4.69) is 20.4 Å². The fraction of sp³-hybridized carbons (Fsp3) is 0.222. The van der Waals surface area contributed by atoms with Crippen molar-refractivity contribution in [3.8, 4) is 34.3 Å². The molecule has 0 spiro atoms. The van der Waals surface area contributed by atoms with Crippen LogP contribution in [0.1, 0.15) is 10.5 Å². The van der Waals surface area contributed by atoms with Gasteiger partial charge in [-0.3, -0.25) is 9.48 Å². The topological polar surface area (TPSA) is 91.2 Å². The van der Waals surface area contributed by atoms with E-state index >= 15 is 0 Å². The molecule has 1 amide bonds. The van der Waals surface area contributed by atoms with Crippen molar-refractivity contribution < 1.29 is 14.3 Å². The van der Waals surface area contributed by atoms with Crippen LogP contribution >= 0.6 is 0 Å². The Labute approximate surface area is 149 Å². The molecule has 0 atom stereocenters. The Bertz CT molecular complexity index is 960. The number of nitrogens with one attached hydrogen (secondary N) is 1. The first kappa shape index (κ1) is 16.1. The predicted molar refractivity (Wildman–Crippen MR) is 94.1 cm³/mol. The molecule has 0 saturated carbocycles. The van der Waals surface area contributed by atoms with E-state index in [1.165, 1.54) is 0 Å². The largest absolute Gasteiger partial charge is 0.496 e. The maximum atomic E-state index is 11.9. The zero-order valence-electron chi connectivity index (χ0n) is 14.4. The number of methoxy groups -OCH3 is 2. The molecule has 8 heteroatoms. The highest BCUT2D eigenvalue weighted by atomic mass is 16.5. The molecule has 132 valence electrons. The van der Waals surface area contributed by atoms with Gasteiger partial charge in [-0.1, -0.05) is 6.07 Å². The van der Waals surface area contributed by atoms with Crippen molar-refractivity contribution in [1.29, 1.82) is 0 Å². The van der Waals surface area contributed by atoms with Crippen LogP contribution in [0.3, 0.4) is 0 Å². The van der Waals surface area contributed by atoms with Crippen LogP contribution in [0.2, 0.25) is 0 Å². The first-order valence-electron chi connectivity index (χ1n) is 8.12. The second kappa shape index (κ2) is 6.47. The van der Waals surface area contributed by atoms with Crippen LogP contribution in [0.15, 0.2) is 36.5 Å². The second-order valence-corrected chi connectivity index (χ2v) is 5.70. The fourth-order valence-electron chi connectivity index (χ4n) is 2.95. The van der Waals surface area contributed by atoms with Crippen LogP contribution in [-0.2, 0) is 6.54 Å². The maximum Gasteiger partial charge on any atom is 0.269 e. The van der Waals surface area contributed by atoms with Gasteiger partial charge in [-0.05, 0) is 24.3 Å². The third-order valence-corrected chi connectivity index (χ3v) is 4.19. The summed E-state index contributed by atoms with van der Waals surface area (Å²) in [6.07, 6.45) is 1.65. The molecule has 0 radical (unpaired) electrons. The summed E-state index contributed by atoms with van der Waals surface area (Å²) in [5, 5.41) is 7.30. The summed E-state index contributed by atoms with van der Waals surface area (Å²) in [4.78, 5) is 20.9. The highest BCUT2D eigenvalue weighted by Crippen LogP contribution is 2.36. The molecule has 8 nitrogen and oxygen atoms in total. The van der Waals surface area contributed by atoms with Crippen LogP contribution in [0.4, 0.5) is 0 Å². The van der Waals surface area contributed by atoms with Crippen LogP contribution in [0, 0.1) is 0 Å². The molecular formula is C18H17N5O3. The van der Waals surface area contributed by atoms with Crippen LogP contribution in [0.5, 0.6) is 11.5 Å². The monoisotopic (exact) mass is 351 g/mol. The first-order chi connectivity index (χ1) is 12.7. The zero-order chi connectivity index (χ0) is 18.1. The number of rotatable bonds is 4. The molecule has 2 aromatic heterocycles. The van der Waals surface area contributed by atoms with Crippen molar-refractivity contribution in [2.24, 2.45) is 0 Å². The summed E-state index contributed by atoms with van der Waals surface area (Å²) in [5.41, 5.74) is 2.44. The van der Waals surface area contributed by atoms with E-state index in [9.17, 15) is 4.79 Å². The molecule has 0 bridgehead atoms. The third-order valence-electron chi connectivity index (χ3n) is 4.19.